The average molecular weight is 361 g/mol. The first-order chi connectivity index (χ1) is 13.0. The molecule has 2 fully saturated rings. The highest BCUT2D eigenvalue weighted by atomic mass is 16.5. The standard InChI is InChI=1S/C22H19NO4/c1-21-11-12-22(13-24,27-21)18-17(21)19(25)23(20(18)26)16-10-6-5-9-15(16)14-7-3-2-4-8-14/h2-12,17-18,24H,13H2,1H3/t17-,18+,21-,22-/m0/s1. The van der Waals surface area contributed by atoms with Gasteiger partial charge in [-0.15, -0.1) is 0 Å². The molecule has 3 aliphatic heterocycles. The number of para-hydroxylation sites is 1. The molecule has 0 aromatic heterocycles. The van der Waals surface area contributed by atoms with Gasteiger partial charge in [-0.1, -0.05) is 60.7 Å². The number of fused-ring (bicyclic) bond motifs is 5. The van der Waals surface area contributed by atoms with Crippen LogP contribution in [0.25, 0.3) is 11.1 Å². The number of anilines is 1. The van der Waals surface area contributed by atoms with E-state index in [2.05, 4.69) is 0 Å². The van der Waals surface area contributed by atoms with Crippen LogP contribution < -0.4 is 4.90 Å². The maximum absolute atomic E-state index is 13.4. The molecular weight excluding hydrogens is 342 g/mol. The normalized spacial score (nSPS) is 33.8. The molecule has 0 radical (unpaired) electrons. The predicted molar refractivity (Wildman–Crippen MR) is 99.8 cm³/mol. The summed E-state index contributed by atoms with van der Waals surface area (Å²) in [6.07, 6.45) is 3.55. The molecule has 3 heterocycles. The topological polar surface area (TPSA) is 66.8 Å². The Kier molecular flexibility index (Phi) is 3.27. The fourth-order valence-corrected chi connectivity index (χ4v) is 4.81. The van der Waals surface area contributed by atoms with E-state index >= 15 is 0 Å². The summed E-state index contributed by atoms with van der Waals surface area (Å²) in [6, 6.07) is 17.1. The van der Waals surface area contributed by atoms with Gasteiger partial charge in [0.2, 0.25) is 11.8 Å². The van der Waals surface area contributed by atoms with E-state index in [1.807, 2.05) is 61.5 Å². The molecule has 1 N–H and O–H groups in total. The largest absolute Gasteiger partial charge is 0.393 e. The van der Waals surface area contributed by atoms with E-state index in [1.165, 1.54) is 4.90 Å². The smallest absolute Gasteiger partial charge is 0.241 e. The summed E-state index contributed by atoms with van der Waals surface area (Å²) in [6.45, 7) is 1.48. The van der Waals surface area contributed by atoms with Gasteiger partial charge < -0.3 is 9.84 Å². The Hall–Kier alpha value is -2.76. The van der Waals surface area contributed by atoms with Crippen LogP contribution in [-0.4, -0.2) is 34.7 Å². The third kappa shape index (κ3) is 2.01. The molecule has 136 valence electrons. The minimum absolute atomic E-state index is 0.268. The van der Waals surface area contributed by atoms with Crippen molar-refractivity contribution in [1.29, 1.82) is 0 Å². The summed E-state index contributed by atoms with van der Waals surface area (Å²) >= 11 is 0. The average Bonchev–Trinajstić information content (AvgIpc) is 3.28. The summed E-state index contributed by atoms with van der Waals surface area (Å²) in [5.41, 5.74) is 0.360. The first kappa shape index (κ1) is 16.4. The van der Waals surface area contributed by atoms with Gasteiger partial charge >= 0.3 is 0 Å². The molecule has 0 aliphatic carbocycles. The molecule has 27 heavy (non-hydrogen) atoms. The number of imide groups is 1. The molecule has 2 amide bonds. The third-order valence-corrected chi connectivity index (χ3v) is 6.03. The lowest BCUT2D eigenvalue weighted by atomic mass is 9.73. The second-order valence-corrected chi connectivity index (χ2v) is 7.58. The number of benzene rings is 2. The number of hydrogen-bond acceptors (Lipinski definition) is 4. The molecule has 5 heteroatoms. The molecule has 2 bridgehead atoms. The van der Waals surface area contributed by atoms with Crippen molar-refractivity contribution in [1.82, 2.24) is 0 Å². The summed E-state index contributed by atoms with van der Waals surface area (Å²) < 4.78 is 5.97. The van der Waals surface area contributed by atoms with Crippen molar-refractivity contribution < 1.29 is 19.4 Å². The van der Waals surface area contributed by atoms with Gasteiger partial charge in [-0.25, -0.2) is 4.90 Å². The minimum Gasteiger partial charge on any atom is -0.393 e. The molecule has 0 saturated carbocycles. The highest BCUT2D eigenvalue weighted by Crippen LogP contribution is 2.57. The molecule has 2 aromatic rings. The molecular formula is C22H19NO4. The fraction of sp³-hybridized carbons (Fsp3) is 0.273. The van der Waals surface area contributed by atoms with Gasteiger partial charge in [0.05, 0.1) is 29.7 Å². The highest BCUT2D eigenvalue weighted by Gasteiger charge is 2.72. The van der Waals surface area contributed by atoms with E-state index in [1.54, 1.807) is 12.1 Å². The Morgan fingerprint density at radius 2 is 1.63 bits per heavy atom. The quantitative estimate of drug-likeness (QED) is 0.674. The Morgan fingerprint density at radius 3 is 2.37 bits per heavy atom. The van der Waals surface area contributed by atoms with Crippen LogP contribution >= 0.6 is 0 Å². The van der Waals surface area contributed by atoms with E-state index in [4.69, 9.17) is 4.74 Å². The van der Waals surface area contributed by atoms with Gasteiger partial charge in [-0.05, 0) is 18.6 Å². The number of amides is 2. The summed E-state index contributed by atoms with van der Waals surface area (Å²) in [4.78, 5) is 28.0. The molecule has 3 aliphatic rings. The van der Waals surface area contributed by atoms with E-state index in [9.17, 15) is 14.7 Å². The van der Waals surface area contributed by atoms with Crippen LogP contribution in [0.5, 0.6) is 0 Å². The lowest BCUT2D eigenvalue weighted by molar-refractivity contribution is -0.131. The van der Waals surface area contributed by atoms with Crippen molar-refractivity contribution in [3.8, 4) is 11.1 Å². The Labute approximate surface area is 156 Å². The maximum atomic E-state index is 13.4. The second kappa shape index (κ2) is 5.38. The minimum atomic E-state index is -1.11. The SMILES string of the molecule is C[C@@]12C=C[C@@](CO)(O1)[C@H]1C(=O)N(c3ccccc3-c3ccccc3)C(=O)[C@H]12. The van der Waals surface area contributed by atoms with Gasteiger partial charge in [0, 0.05) is 5.56 Å². The zero-order valence-electron chi connectivity index (χ0n) is 14.8. The van der Waals surface area contributed by atoms with Gasteiger partial charge in [0.25, 0.3) is 0 Å². The number of ether oxygens (including phenoxy) is 1. The van der Waals surface area contributed by atoms with Gasteiger partial charge in [-0.2, -0.15) is 0 Å². The van der Waals surface area contributed by atoms with Crippen LogP contribution in [0.15, 0.2) is 66.7 Å². The Morgan fingerprint density at radius 1 is 0.963 bits per heavy atom. The maximum Gasteiger partial charge on any atom is 0.241 e. The van der Waals surface area contributed by atoms with E-state index in [-0.39, 0.29) is 18.4 Å². The number of carbonyl (C=O) groups excluding carboxylic acids is 2. The van der Waals surface area contributed by atoms with Crippen molar-refractivity contribution >= 4 is 17.5 Å². The number of hydrogen-bond donors (Lipinski definition) is 1. The first-order valence-corrected chi connectivity index (χ1v) is 9.04. The molecule has 0 spiro atoms. The number of nitrogens with zero attached hydrogens (tertiary/aromatic N) is 1. The second-order valence-electron chi connectivity index (χ2n) is 7.58. The Bertz CT molecular complexity index is 985. The Balaban J connectivity index is 1.64. The third-order valence-electron chi connectivity index (χ3n) is 6.03. The number of aliphatic hydroxyl groups is 1. The zero-order valence-corrected chi connectivity index (χ0v) is 14.8. The number of carbonyl (C=O) groups is 2. The zero-order chi connectivity index (χ0) is 18.8. The predicted octanol–water partition coefficient (Wildman–Crippen LogP) is 2.55. The number of rotatable bonds is 3. The van der Waals surface area contributed by atoms with E-state index in [0.717, 1.165) is 11.1 Å². The van der Waals surface area contributed by atoms with Crippen molar-refractivity contribution in [2.24, 2.45) is 11.8 Å². The highest BCUT2D eigenvalue weighted by molar-refractivity contribution is 6.24. The van der Waals surface area contributed by atoms with Crippen molar-refractivity contribution in [2.75, 3.05) is 11.5 Å². The van der Waals surface area contributed by atoms with Crippen LogP contribution in [0, 0.1) is 11.8 Å². The van der Waals surface area contributed by atoms with Crippen LogP contribution in [0.2, 0.25) is 0 Å². The molecule has 4 atom stereocenters. The molecule has 2 aromatic carbocycles. The lowest BCUT2D eigenvalue weighted by Gasteiger charge is -2.27. The molecule has 2 saturated heterocycles. The van der Waals surface area contributed by atoms with Gasteiger partial charge in [0.1, 0.15) is 5.60 Å². The lowest BCUT2D eigenvalue weighted by Crippen LogP contribution is -2.43. The van der Waals surface area contributed by atoms with Crippen LogP contribution in [0.3, 0.4) is 0 Å². The van der Waals surface area contributed by atoms with Crippen molar-refractivity contribution in [3.05, 3.63) is 66.7 Å². The molecule has 5 rings (SSSR count). The molecule has 5 nitrogen and oxygen atoms in total. The van der Waals surface area contributed by atoms with Crippen molar-refractivity contribution in [3.63, 3.8) is 0 Å². The first-order valence-electron chi connectivity index (χ1n) is 9.04. The van der Waals surface area contributed by atoms with Crippen molar-refractivity contribution in [2.45, 2.75) is 18.1 Å². The van der Waals surface area contributed by atoms with E-state index in [0.29, 0.717) is 5.69 Å². The summed E-state index contributed by atoms with van der Waals surface area (Å²) in [7, 11) is 0. The summed E-state index contributed by atoms with van der Waals surface area (Å²) in [5.74, 6) is -1.90. The number of aliphatic hydroxyl groups excluding tert-OH is 1. The van der Waals surface area contributed by atoms with E-state index < -0.39 is 23.0 Å². The van der Waals surface area contributed by atoms with Crippen LogP contribution in [0.1, 0.15) is 6.92 Å². The fourth-order valence-electron chi connectivity index (χ4n) is 4.81. The molecule has 0 unspecified atom stereocenters. The monoisotopic (exact) mass is 361 g/mol. The van der Waals surface area contributed by atoms with Gasteiger partial charge in [-0.3, -0.25) is 9.59 Å². The van der Waals surface area contributed by atoms with Crippen LogP contribution in [0.4, 0.5) is 5.69 Å². The van der Waals surface area contributed by atoms with Crippen LogP contribution in [-0.2, 0) is 14.3 Å². The summed E-state index contributed by atoms with van der Waals surface area (Å²) in [5, 5.41) is 9.94. The van der Waals surface area contributed by atoms with Gasteiger partial charge in [0.15, 0.2) is 0 Å².